The van der Waals surface area contributed by atoms with E-state index in [1.165, 1.54) is 24.0 Å². The smallest absolute Gasteiger partial charge is 0.359 e. The van der Waals surface area contributed by atoms with E-state index in [9.17, 15) is 4.79 Å². The molecule has 1 aromatic heterocycles. The van der Waals surface area contributed by atoms with Crippen LogP contribution in [0.25, 0.3) is 10.6 Å². The Kier molecular flexibility index (Phi) is 3.62. The molecule has 94 valence electrons. The Morgan fingerprint density at radius 3 is 2.83 bits per heavy atom. The van der Waals surface area contributed by atoms with Crippen molar-refractivity contribution in [3.63, 3.8) is 0 Å². The highest BCUT2D eigenvalue weighted by Gasteiger charge is 2.18. The van der Waals surface area contributed by atoms with Crippen molar-refractivity contribution in [1.82, 2.24) is 4.98 Å². The van der Waals surface area contributed by atoms with Crippen LogP contribution in [-0.2, 0) is 11.2 Å². The van der Waals surface area contributed by atoms with E-state index in [1.54, 1.807) is 0 Å². The van der Waals surface area contributed by atoms with Gasteiger partial charge in [0.2, 0.25) is 0 Å². The number of esters is 1. The average Bonchev–Trinajstić information content (AvgIpc) is 2.79. The van der Waals surface area contributed by atoms with Gasteiger partial charge in [-0.2, -0.15) is 0 Å². The van der Waals surface area contributed by atoms with Crippen LogP contribution in [0.4, 0.5) is 5.00 Å². The summed E-state index contributed by atoms with van der Waals surface area (Å²) < 4.78 is 4.65. The number of hydrogen-bond acceptors (Lipinski definition) is 5. The lowest BCUT2D eigenvalue weighted by atomic mass is 10.1. The lowest BCUT2D eigenvalue weighted by Gasteiger charge is -2.03. The number of nitrogens with zero attached hydrogens (tertiary/aromatic N) is 1. The van der Waals surface area contributed by atoms with Gasteiger partial charge in [0.1, 0.15) is 10.0 Å². The van der Waals surface area contributed by atoms with E-state index in [4.69, 9.17) is 5.73 Å². The van der Waals surface area contributed by atoms with Crippen LogP contribution in [0.3, 0.4) is 0 Å². The van der Waals surface area contributed by atoms with E-state index in [1.807, 2.05) is 24.3 Å². The average molecular weight is 262 g/mol. The molecule has 0 unspecified atom stereocenters. The quantitative estimate of drug-likeness (QED) is 0.864. The Bertz CT molecular complexity index is 578. The zero-order chi connectivity index (χ0) is 13.1. The maximum Gasteiger partial charge on any atom is 0.359 e. The Labute approximate surface area is 109 Å². The molecule has 0 aliphatic carbocycles. The van der Waals surface area contributed by atoms with E-state index < -0.39 is 5.97 Å². The molecule has 2 N–H and O–H groups in total. The fourth-order valence-corrected chi connectivity index (χ4v) is 2.61. The van der Waals surface area contributed by atoms with Gasteiger partial charge in [0.05, 0.1) is 7.11 Å². The van der Waals surface area contributed by atoms with Gasteiger partial charge in [-0.25, -0.2) is 9.78 Å². The normalized spacial score (nSPS) is 10.3. The number of nitrogens with two attached hydrogens (primary N) is 1. The van der Waals surface area contributed by atoms with Gasteiger partial charge in [-0.1, -0.05) is 42.5 Å². The summed E-state index contributed by atoms with van der Waals surface area (Å²) in [6.45, 7) is 2.08. The summed E-state index contributed by atoms with van der Waals surface area (Å²) in [5.41, 5.74) is 8.20. The minimum Gasteiger partial charge on any atom is -0.464 e. The first-order chi connectivity index (χ1) is 8.67. The lowest BCUT2D eigenvalue weighted by Crippen LogP contribution is -2.04. The molecule has 2 aromatic rings. The highest BCUT2D eigenvalue weighted by Crippen LogP contribution is 2.32. The molecule has 5 heteroatoms. The Hall–Kier alpha value is -1.88. The summed E-state index contributed by atoms with van der Waals surface area (Å²) in [4.78, 5) is 15.8. The standard InChI is InChI=1S/C13H14N2O2S/c1-3-8-6-4-5-7-9(8)12-15-10(11(14)18-12)13(16)17-2/h4-7H,3,14H2,1-2H3. The van der Waals surface area contributed by atoms with Gasteiger partial charge >= 0.3 is 5.97 Å². The predicted octanol–water partition coefficient (Wildman–Crippen LogP) is 2.74. The number of methoxy groups -OCH3 is 1. The van der Waals surface area contributed by atoms with Crippen molar-refractivity contribution in [1.29, 1.82) is 0 Å². The second-order valence-electron chi connectivity index (χ2n) is 3.73. The summed E-state index contributed by atoms with van der Waals surface area (Å²) in [6.07, 6.45) is 0.906. The second kappa shape index (κ2) is 5.18. The maximum atomic E-state index is 11.5. The summed E-state index contributed by atoms with van der Waals surface area (Å²) >= 11 is 1.31. The highest BCUT2D eigenvalue weighted by molar-refractivity contribution is 7.19. The van der Waals surface area contributed by atoms with Crippen LogP contribution in [0.2, 0.25) is 0 Å². The molecule has 1 aromatic carbocycles. The molecule has 18 heavy (non-hydrogen) atoms. The van der Waals surface area contributed by atoms with Crippen LogP contribution in [0, 0.1) is 0 Å². The zero-order valence-electron chi connectivity index (χ0n) is 10.3. The summed E-state index contributed by atoms with van der Waals surface area (Å²) in [5.74, 6) is -0.496. The van der Waals surface area contributed by atoms with E-state index in [2.05, 4.69) is 16.6 Å². The van der Waals surface area contributed by atoms with Gasteiger partial charge in [0, 0.05) is 5.56 Å². The SMILES string of the molecule is CCc1ccccc1-c1nc(C(=O)OC)c(N)s1. The third kappa shape index (κ3) is 2.22. The molecule has 1 heterocycles. The van der Waals surface area contributed by atoms with Crippen molar-refractivity contribution in [3.8, 4) is 10.6 Å². The van der Waals surface area contributed by atoms with E-state index in [0.717, 1.165) is 17.0 Å². The molecule has 2 rings (SSSR count). The van der Waals surface area contributed by atoms with Crippen molar-refractivity contribution in [3.05, 3.63) is 35.5 Å². The molecule has 0 fully saturated rings. The number of ether oxygens (including phenoxy) is 1. The van der Waals surface area contributed by atoms with Crippen LogP contribution in [0.5, 0.6) is 0 Å². The molecule has 0 spiro atoms. The fourth-order valence-electron chi connectivity index (χ4n) is 1.73. The molecular formula is C13H14N2O2S. The number of anilines is 1. The number of aryl methyl sites for hydroxylation is 1. The van der Waals surface area contributed by atoms with Crippen molar-refractivity contribution in [2.75, 3.05) is 12.8 Å². The minimum atomic E-state index is -0.496. The van der Waals surface area contributed by atoms with E-state index >= 15 is 0 Å². The molecule has 4 nitrogen and oxygen atoms in total. The molecule has 0 saturated heterocycles. The molecule has 0 aliphatic heterocycles. The van der Waals surface area contributed by atoms with Crippen LogP contribution in [-0.4, -0.2) is 18.1 Å². The molecule has 0 amide bonds. The largest absolute Gasteiger partial charge is 0.464 e. The van der Waals surface area contributed by atoms with E-state index in [-0.39, 0.29) is 5.69 Å². The van der Waals surface area contributed by atoms with E-state index in [0.29, 0.717) is 5.00 Å². The molecule has 0 saturated carbocycles. The number of benzene rings is 1. The number of carbonyl (C=O) groups excluding carboxylic acids is 1. The number of aromatic nitrogens is 1. The topological polar surface area (TPSA) is 65.2 Å². The van der Waals surface area contributed by atoms with Crippen LogP contribution >= 0.6 is 11.3 Å². The van der Waals surface area contributed by atoms with Gasteiger partial charge in [0.25, 0.3) is 0 Å². The summed E-state index contributed by atoms with van der Waals surface area (Å²) in [7, 11) is 1.32. The minimum absolute atomic E-state index is 0.198. The monoisotopic (exact) mass is 262 g/mol. The zero-order valence-corrected chi connectivity index (χ0v) is 11.1. The van der Waals surface area contributed by atoms with Gasteiger partial charge in [0.15, 0.2) is 5.69 Å². The Balaban J connectivity index is 2.49. The third-order valence-corrected chi connectivity index (χ3v) is 3.58. The van der Waals surface area contributed by atoms with Gasteiger partial charge < -0.3 is 10.5 Å². The van der Waals surface area contributed by atoms with Gasteiger partial charge in [-0.15, -0.1) is 0 Å². The van der Waals surface area contributed by atoms with Crippen LogP contribution in [0.15, 0.2) is 24.3 Å². The molecule has 0 aliphatic rings. The lowest BCUT2D eigenvalue weighted by molar-refractivity contribution is 0.0596. The number of nitrogen functional groups attached to an aromatic ring is 1. The van der Waals surface area contributed by atoms with Gasteiger partial charge in [-0.3, -0.25) is 0 Å². The van der Waals surface area contributed by atoms with Crippen LogP contribution in [0.1, 0.15) is 23.0 Å². The predicted molar refractivity (Wildman–Crippen MR) is 72.7 cm³/mol. The maximum absolute atomic E-state index is 11.5. The fraction of sp³-hybridized carbons (Fsp3) is 0.231. The number of hydrogen-bond donors (Lipinski definition) is 1. The van der Waals surface area contributed by atoms with Crippen LogP contribution < -0.4 is 5.73 Å². The third-order valence-electron chi connectivity index (χ3n) is 2.66. The Morgan fingerprint density at radius 1 is 1.44 bits per heavy atom. The first-order valence-corrected chi connectivity index (χ1v) is 6.42. The summed E-state index contributed by atoms with van der Waals surface area (Å²) in [5, 5.41) is 1.15. The van der Waals surface area contributed by atoms with Crippen molar-refractivity contribution in [2.45, 2.75) is 13.3 Å². The van der Waals surface area contributed by atoms with Gasteiger partial charge in [-0.05, 0) is 12.0 Å². The molecule has 0 radical (unpaired) electrons. The molecular weight excluding hydrogens is 248 g/mol. The van der Waals surface area contributed by atoms with Crippen molar-refractivity contribution < 1.29 is 9.53 Å². The Morgan fingerprint density at radius 2 is 2.17 bits per heavy atom. The number of carbonyl (C=O) groups is 1. The summed E-state index contributed by atoms with van der Waals surface area (Å²) in [6, 6.07) is 7.97. The number of rotatable bonds is 3. The van der Waals surface area contributed by atoms with Crippen molar-refractivity contribution >= 4 is 22.3 Å². The molecule has 0 bridgehead atoms. The second-order valence-corrected chi connectivity index (χ2v) is 4.76. The molecule has 0 atom stereocenters. The first-order valence-electron chi connectivity index (χ1n) is 5.60. The highest BCUT2D eigenvalue weighted by atomic mass is 32.1. The number of thiazole rings is 1. The first kappa shape index (κ1) is 12.6. The van der Waals surface area contributed by atoms with Crippen molar-refractivity contribution in [2.24, 2.45) is 0 Å².